The number of alkyl halides is 6. The Morgan fingerprint density at radius 3 is 2.08 bits per heavy atom. The van der Waals surface area contributed by atoms with E-state index in [9.17, 15) is 31.1 Å². The lowest BCUT2D eigenvalue weighted by Gasteiger charge is -2.13. The standard InChI is InChI=1S/C14H9F6N3O/c15-13(16,17)10-4-9(5-11(23-10)14(18,19)20)12(24)22-7-8-2-1-3-21-6-8/h1-6H,7H2,(H,22,24). The van der Waals surface area contributed by atoms with Crippen molar-refractivity contribution in [2.75, 3.05) is 0 Å². The van der Waals surface area contributed by atoms with E-state index in [-0.39, 0.29) is 18.7 Å². The molecule has 0 aliphatic rings. The summed E-state index contributed by atoms with van der Waals surface area (Å²) >= 11 is 0. The molecular weight excluding hydrogens is 340 g/mol. The fraction of sp³-hybridized carbons (Fsp3) is 0.214. The summed E-state index contributed by atoms with van der Waals surface area (Å²) in [6.45, 7) is -0.0995. The van der Waals surface area contributed by atoms with Crippen molar-refractivity contribution in [3.05, 3.63) is 59.2 Å². The fourth-order valence-corrected chi connectivity index (χ4v) is 1.74. The van der Waals surface area contributed by atoms with Gasteiger partial charge in [0.2, 0.25) is 0 Å². The molecule has 1 N–H and O–H groups in total. The van der Waals surface area contributed by atoms with E-state index in [0.29, 0.717) is 5.56 Å². The molecule has 4 nitrogen and oxygen atoms in total. The number of nitrogens with one attached hydrogen (secondary N) is 1. The van der Waals surface area contributed by atoms with Crippen molar-refractivity contribution in [1.82, 2.24) is 15.3 Å². The van der Waals surface area contributed by atoms with E-state index < -0.39 is 35.2 Å². The summed E-state index contributed by atoms with van der Waals surface area (Å²) in [5.41, 5.74) is -3.83. The maximum absolute atomic E-state index is 12.7. The lowest BCUT2D eigenvalue weighted by Crippen LogP contribution is -2.25. The maximum Gasteiger partial charge on any atom is 0.433 e. The van der Waals surface area contributed by atoms with Crippen LogP contribution in [0, 0.1) is 0 Å². The molecule has 0 spiro atoms. The number of carbonyl (C=O) groups excluding carboxylic acids is 1. The molecule has 2 aromatic rings. The Balaban J connectivity index is 2.29. The first-order valence-corrected chi connectivity index (χ1v) is 6.41. The summed E-state index contributed by atoms with van der Waals surface area (Å²) < 4.78 is 76.1. The number of nitrogens with zero attached hydrogens (tertiary/aromatic N) is 2. The Hall–Kier alpha value is -2.65. The van der Waals surface area contributed by atoms with Gasteiger partial charge in [-0.25, -0.2) is 4.98 Å². The van der Waals surface area contributed by atoms with E-state index in [4.69, 9.17) is 0 Å². The molecule has 0 aromatic carbocycles. The molecule has 0 fully saturated rings. The van der Waals surface area contributed by atoms with Gasteiger partial charge in [0.25, 0.3) is 5.91 Å². The van der Waals surface area contributed by atoms with Gasteiger partial charge in [-0.3, -0.25) is 9.78 Å². The van der Waals surface area contributed by atoms with E-state index in [1.807, 2.05) is 0 Å². The Labute approximate surface area is 131 Å². The normalized spacial score (nSPS) is 12.1. The molecule has 0 aliphatic heterocycles. The minimum Gasteiger partial charge on any atom is -0.348 e. The highest BCUT2D eigenvalue weighted by molar-refractivity contribution is 5.94. The molecule has 0 aliphatic carbocycles. The van der Waals surface area contributed by atoms with Crippen LogP contribution in [0.5, 0.6) is 0 Å². The zero-order valence-corrected chi connectivity index (χ0v) is 11.7. The van der Waals surface area contributed by atoms with Crippen molar-refractivity contribution in [2.45, 2.75) is 18.9 Å². The summed E-state index contributed by atoms with van der Waals surface area (Å²) in [7, 11) is 0. The third-order valence-corrected chi connectivity index (χ3v) is 2.84. The molecule has 0 unspecified atom stereocenters. The molecule has 2 heterocycles. The minimum atomic E-state index is -5.11. The van der Waals surface area contributed by atoms with Gasteiger partial charge in [0.05, 0.1) is 0 Å². The van der Waals surface area contributed by atoms with E-state index in [2.05, 4.69) is 15.3 Å². The van der Waals surface area contributed by atoms with Crippen LogP contribution in [0.1, 0.15) is 27.3 Å². The van der Waals surface area contributed by atoms with Crippen molar-refractivity contribution in [2.24, 2.45) is 0 Å². The highest BCUT2D eigenvalue weighted by Crippen LogP contribution is 2.33. The second-order valence-corrected chi connectivity index (χ2v) is 4.67. The average Bonchev–Trinajstić information content (AvgIpc) is 2.51. The van der Waals surface area contributed by atoms with E-state index in [0.717, 1.165) is 0 Å². The number of pyridine rings is 2. The Bertz CT molecular complexity index is 695. The molecule has 2 rings (SSSR count). The number of aromatic nitrogens is 2. The summed E-state index contributed by atoms with van der Waals surface area (Å²) in [4.78, 5) is 18.2. The monoisotopic (exact) mass is 349 g/mol. The molecule has 1 amide bonds. The number of halogens is 6. The molecule has 0 bridgehead atoms. The van der Waals surface area contributed by atoms with Crippen molar-refractivity contribution in [3.63, 3.8) is 0 Å². The van der Waals surface area contributed by atoms with Crippen LogP contribution in [0.2, 0.25) is 0 Å². The molecule has 128 valence electrons. The molecule has 0 radical (unpaired) electrons. The molecule has 24 heavy (non-hydrogen) atoms. The van der Waals surface area contributed by atoms with Crippen LogP contribution in [0.25, 0.3) is 0 Å². The summed E-state index contributed by atoms with van der Waals surface area (Å²) in [6, 6.07) is 3.70. The number of carbonyl (C=O) groups is 1. The number of amides is 1. The van der Waals surface area contributed by atoms with Crippen molar-refractivity contribution in [1.29, 1.82) is 0 Å². The maximum atomic E-state index is 12.7. The number of rotatable bonds is 3. The topological polar surface area (TPSA) is 54.9 Å². The minimum absolute atomic E-state index is 0.0995. The van der Waals surface area contributed by atoms with E-state index in [1.165, 1.54) is 12.4 Å². The largest absolute Gasteiger partial charge is 0.433 e. The van der Waals surface area contributed by atoms with Gasteiger partial charge in [-0.2, -0.15) is 26.3 Å². The quantitative estimate of drug-likeness (QED) is 0.864. The highest BCUT2D eigenvalue weighted by atomic mass is 19.4. The predicted octanol–water partition coefficient (Wildman–Crippen LogP) is 3.44. The van der Waals surface area contributed by atoms with Crippen molar-refractivity contribution < 1.29 is 31.1 Å². The SMILES string of the molecule is O=C(NCc1cccnc1)c1cc(C(F)(F)F)nc(C(F)(F)F)c1. The zero-order chi connectivity index (χ0) is 18.0. The first kappa shape index (κ1) is 17.7. The number of hydrogen-bond acceptors (Lipinski definition) is 3. The third kappa shape index (κ3) is 4.43. The Kier molecular flexibility index (Phi) is 4.76. The summed E-state index contributed by atoms with van der Waals surface area (Å²) in [5.74, 6) is -1.09. The van der Waals surface area contributed by atoms with Crippen LogP contribution in [-0.4, -0.2) is 15.9 Å². The molecule has 0 saturated heterocycles. The van der Waals surface area contributed by atoms with Gasteiger partial charge in [-0.05, 0) is 23.8 Å². The fourth-order valence-electron chi connectivity index (χ4n) is 1.74. The lowest BCUT2D eigenvalue weighted by molar-refractivity contribution is -0.150. The number of hydrogen-bond donors (Lipinski definition) is 1. The van der Waals surface area contributed by atoms with E-state index in [1.54, 1.807) is 12.1 Å². The third-order valence-electron chi connectivity index (χ3n) is 2.84. The van der Waals surface area contributed by atoms with Gasteiger partial charge in [0.1, 0.15) is 11.4 Å². The summed E-state index contributed by atoms with van der Waals surface area (Å²) in [6.07, 6.45) is -7.35. The van der Waals surface area contributed by atoms with Crippen molar-refractivity contribution >= 4 is 5.91 Å². The second kappa shape index (κ2) is 6.46. The van der Waals surface area contributed by atoms with Gasteiger partial charge in [-0.1, -0.05) is 6.07 Å². The van der Waals surface area contributed by atoms with Crippen LogP contribution in [0.3, 0.4) is 0 Å². The Morgan fingerprint density at radius 1 is 1.04 bits per heavy atom. The van der Waals surface area contributed by atoms with Gasteiger partial charge < -0.3 is 5.32 Å². The predicted molar refractivity (Wildman–Crippen MR) is 69.6 cm³/mol. The van der Waals surface area contributed by atoms with Gasteiger partial charge in [-0.15, -0.1) is 0 Å². The van der Waals surface area contributed by atoms with Crippen LogP contribution >= 0.6 is 0 Å². The first-order chi connectivity index (χ1) is 11.1. The first-order valence-electron chi connectivity index (χ1n) is 6.41. The van der Waals surface area contributed by atoms with Crippen LogP contribution in [0.15, 0.2) is 36.7 Å². The van der Waals surface area contributed by atoms with Crippen molar-refractivity contribution in [3.8, 4) is 0 Å². The molecular formula is C14H9F6N3O. The van der Waals surface area contributed by atoms with Crippen LogP contribution in [0.4, 0.5) is 26.3 Å². The van der Waals surface area contributed by atoms with E-state index >= 15 is 0 Å². The van der Waals surface area contributed by atoms with Crippen LogP contribution < -0.4 is 5.32 Å². The highest BCUT2D eigenvalue weighted by Gasteiger charge is 2.39. The molecule has 0 atom stereocenters. The average molecular weight is 349 g/mol. The van der Waals surface area contributed by atoms with Crippen LogP contribution in [-0.2, 0) is 18.9 Å². The lowest BCUT2D eigenvalue weighted by atomic mass is 10.1. The molecule has 2 aromatic heterocycles. The van der Waals surface area contributed by atoms with Gasteiger partial charge in [0, 0.05) is 24.5 Å². The molecule has 0 saturated carbocycles. The molecule has 10 heteroatoms. The smallest absolute Gasteiger partial charge is 0.348 e. The van der Waals surface area contributed by atoms with Gasteiger partial charge in [0.15, 0.2) is 0 Å². The second-order valence-electron chi connectivity index (χ2n) is 4.67. The van der Waals surface area contributed by atoms with Gasteiger partial charge >= 0.3 is 12.4 Å². The Morgan fingerprint density at radius 2 is 1.62 bits per heavy atom. The summed E-state index contributed by atoms with van der Waals surface area (Å²) in [5, 5.41) is 2.23. The zero-order valence-electron chi connectivity index (χ0n) is 11.7.